The summed E-state index contributed by atoms with van der Waals surface area (Å²) in [5.74, 6) is 0.613. The maximum Gasteiger partial charge on any atom is 0.277 e. The molecule has 0 saturated heterocycles. The SMILES string of the molecule is C.C=O.Cc1ccc(NC[C@@H]2Nc3c(nc(N)[nH]c3=O)NC2C)cc1. The third-order valence-corrected chi connectivity index (χ3v) is 3.81. The third kappa shape index (κ3) is 4.72. The lowest BCUT2D eigenvalue weighted by Gasteiger charge is -2.33. The van der Waals surface area contributed by atoms with Crippen LogP contribution in [-0.2, 0) is 4.79 Å². The summed E-state index contributed by atoms with van der Waals surface area (Å²) in [6.07, 6.45) is 0. The third-order valence-electron chi connectivity index (χ3n) is 3.81. The molecular weight excluding hydrogens is 320 g/mol. The van der Waals surface area contributed by atoms with Crippen LogP contribution in [0.2, 0.25) is 0 Å². The minimum Gasteiger partial charge on any atom is -0.383 e. The standard InChI is InChI=1S/C15H20N6O.CH2O.CH4/c1-8-3-5-10(6-4-8)17-7-11-9(2)18-13-12(19-11)14(22)21-15(16)20-13;1-2;/h3-6,9,11,17,19H,7H2,1-2H3,(H4,16,18,20,21,22);1H2;1H4/t9?,11-;;/m0../s1. The number of aryl methyl sites for hydroxylation is 1. The van der Waals surface area contributed by atoms with Crippen LogP contribution < -0.4 is 27.2 Å². The Balaban J connectivity index is 0.00000101. The Kier molecular flexibility index (Phi) is 6.98. The maximum atomic E-state index is 12.0. The lowest BCUT2D eigenvalue weighted by molar-refractivity contribution is -0.0979. The molecule has 1 aliphatic rings. The molecule has 0 aliphatic carbocycles. The predicted octanol–water partition coefficient (Wildman–Crippen LogP) is 1.82. The number of hydrogen-bond donors (Lipinski definition) is 5. The number of H-pyrrole nitrogens is 1. The number of aromatic amines is 1. The zero-order valence-electron chi connectivity index (χ0n) is 13.7. The minimum absolute atomic E-state index is 0. The molecule has 0 bridgehead atoms. The molecule has 1 aliphatic heterocycles. The zero-order valence-corrected chi connectivity index (χ0v) is 13.7. The number of aromatic nitrogens is 2. The summed E-state index contributed by atoms with van der Waals surface area (Å²) in [5, 5.41) is 9.83. The molecule has 1 unspecified atom stereocenters. The van der Waals surface area contributed by atoms with Crippen LogP contribution in [-0.4, -0.2) is 35.4 Å². The van der Waals surface area contributed by atoms with Crippen molar-refractivity contribution in [2.45, 2.75) is 33.4 Å². The summed E-state index contributed by atoms with van der Waals surface area (Å²) < 4.78 is 0. The molecular formula is C17H26N6O2. The van der Waals surface area contributed by atoms with Gasteiger partial charge in [0.2, 0.25) is 5.95 Å². The van der Waals surface area contributed by atoms with Crippen molar-refractivity contribution < 1.29 is 4.79 Å². The first-order valence-electron chi connectivity index (χ1n) is 7.55. The number of benzene rings is 1. The van der Waals surface area contributed by atoms with Gasteiger partial charge in [-0.05, 0) is 26.0 Å². The first kappa shape index (κ1) is 20.0. The van der Waals surface area contributed by atoms with Crippen LogP contribution in [0.15, 0.2) is 29.1 Å². The number of fused-ring (bicyclic) bond motifs is 1. The summed E-state index contributed by atoms with van der Waals surface area (Å²) in [4.78, 5) is 26.6. The van der Waals surface area contributed by atoms with Gasteiger partial charge >= 0.3 is 0 Å². The van der Waals surface area contributed by atoms with E-state index in [2.05, 4.69) is 45.0 Å². The average molecular weight is 346 g/mol. The second-order valence-corrected chi connectivity index (χ2v) is 5.61. The smallest absolute Gasteiger partial charge is 0.277 e. The molecule has 2 aromatic rings. The van der Waals surface area contributed by atoms with Crippen LogP contribution in [0.3, 0.4) is 0 Å². The van der Waals surface area contributed by atoms with Gasteiger partial charge in [0, 0.05) is 18.3 Å². The number of hydrogen-bond acceptors (Lipinski definition) is 7. The van der Waals surface area contributed by atoms with Crippen molar-refractivity contribution in [3.05, 3.63) is 40.2 Å². The van der Waals surface area contributed by atoms with Gasteiger partial charge in [-0.2, -0.15) is 4.98 Å². The van der Waals surface area contributed by atoms with Gasteiger partial charge in [0.15, 0.2) is 5.82 Å². The lowest BCUT2D eigenvalue weighted by atomic mass is 10.1. The van der Waals surface area contributed by atoms with E-state index < -0.39 is 0 Å². The molecule has 136 valence electrons. The van der Waals surface area contributed by atoms with E-state index in [0.29, 0.717) is 18.1 Å². The van der Waals surface area contributed by atoms with E-state index in [9.17, 15) is 4.79 Å². The Labute approximate surface area is 147 Å². The molecule has 6 N–H and O–H groups in total. The molecule has 0 spiro atoms. The van der Waals surface area contributed by atoms with Gasteiger partial charge in [0.1, 0.15) is 12.5 Å². The Hall–Kier alpha value is -3.03. The largest absolute Gasteiger partial charge is 0.383 e. The number of nitrogen functional groups attached to an aromatic ring is 1. The first-order chi connectivity index (χ1) is 11.5. The highest BCUT2D eigenvalue weighted by molar-refractivity contribution is 5.68. The van der Waals surface area contributed by atoms with E-state index in [1.165, 1.54) is 5.56 Å². The van der Waals surface area contributed by atoms with Gasteiger partial charge in [0.05, 0.1) is 6.04 Å². The Morgan fingerprint density at radius 2 is 1.88 bits per heavy atom. The number of rotatable bonds is 3. The summed E-state index contributed by atoms with van der Waals surface area (Å²) in [6, 6.07) is 8.37. The fraction of sp³-hybridized carbons (Fsp3) is 0.353. The quantitative estimate of drug-likeness (QED) is 0.574. The van der Waals surface area contributed by atoms with Crippen molar-refractivity contribution in [2.75, 3.05) is 28.2 Å². The molecule has 8 nitrogen and oxygen atoms in total. The van der Waals surface area contributed by atoms with Gasteiger partial charge in [-0.1, -0.05) is 25.1 Å². The van der Waals surface area contributed by atoms with Crippen molar-refractivity contribution in [3.8, 4) is 0 Å². The normalized spacial score (nSPS) is 17.5. The molecule has 0 radical (unpaired) electrons. The molecule has 2 atom stereocenters. The summed E-state index contributed by atoms with van der Waals surface area (Å²) >= 11 is 0. The number of carbonyl (C=O) groups excluding carboxylic acids is 1. The van der Waals surface area contributed by atoms with Crippen LogP contribution >= 0.6 is 0 Å². The second kappa shape index (κ2) is 8.72. The molecule has 8 heteroatoms. The zero-order chi connectivity index (χ0) is 17.7. The van der Waals surface area contributed by atoms with E-state index in [1.807, 2.05) is 25.8 Å². The molecule has 2 heterocycles. The summed E-state index contributed by atoms with van der Waals surface area (Å²) in [7, 11) is 0. The van der Waals surface area contributed by atoms with Gasteiger partial charge in [0.25, 0.3) is 5.56 Å². The summed E-state index contributed by atoms with van der Waals surface area (Å²) in [5.41, 5.74) is 8.01. The molecule has 0 amide bonds. The minimum atomic E-state index is -0.262. The van der Waals surface area contributed by atoms with Crippen molar-refractivity contribution in [1.82, 2.24) is 9.97 Å². The van der Waals surface area contributed by atoms with E-state index >= 15 is 0 Å². The van der Waals surface area contributed by atoms with Crippen LogP contribution in [0.4, 0.5) is 23.1 Å². The lowest BCUT2D eigenvalue weighted by Crippen LogP contribution is -2.47. The monoisotopic (exact) mass is 346 g/mol. The van der Waals surface area contributed by atoms with Gasteiger partial charge < -0.3 is 26.5 Å². The Bertz CT molecular complexity index is 744. The fourth-order valence-corrected chi connectivity index (χ4v) is 2.48. The van der Waals surface area contributed by atoms with Crippen molar-refractivity contribution >= 4 is 29.9 Å². The summed E-state index contributed by atoms with van der Waals surface area (Å²) in [6.45, 7) is 6.78. The molecule has 0 saturated carbocycles. The van der Waals surface area contributed by atoms with Gasteiger partial charge in [-0.3, -0.25) is 9.78 Å². The van der Waals surface area contributed by atoms with Crippen LogP contribution in [0.25, 0.3) is 0 Å². The number of carbonyl (C=O) groups is 1. The molecule has 0 fully saturated rings. The average Bonchev–Trinajstić information content (AvgIpc) is 2.56. The molecule has 3 rings (SSSR count). The Morgan fingerprint density at radius 1 is 1.24 bits per heavy atom. The molecule has 1 aromatic carbocycles. The highest BCUT2D eigenvalue weighted by atomic mass is 16.1. The number of nitrogens with zero attached hydrogens (tertiary/aromatic N) is 1. The first-order valence-corrected chi connectivity index (χ1v) is 7.55. The maximum absolute atomic E-state index is 12.0. The van der Waals surface area contributed by atoms with E-state index in [0.717, 1.165) is 5.69 Å². The van der Waals surface area contributed by atoms with E-state index in [-0.39, 0.29) is 31.0 Å². The van der Waals surface area contributed by atoms with Crippen molar-refractivity contribution in [1.29, 1.82) is 0 Å². The number of nitrogens with two attached hydrogens (primary N) is 1. The highest BCUT2D eigenvalue weighted by Crippen LogP contribution is 2.23. The Morgan fingerprint density at radius 3 is 2.52 bits per heavy atom. The van der Waals surface area contributed by atoms with Crippen LogP contribution in [0.5, 0.6) is 0 Å². The van der Waals surface area contributed by atoms with Crippen molar-refractivity contribution in [2.24, 2.45) is 0 Å². The number of nitrogens with one attached hydrogen (secondary N) is 4. The topological polar surface area (TPSA) is 125 Å². The van der Waals surface area contributed by atoms with Crippen LogP contribution in [0, 0.1) is 6.92 Å². The van der Waals surface area contributed by atoms with Crippen molar-refractivity contribution in [3.63, 3.8) is 0 Å². The van der Waals surface area contributed by atoms with E-state index in [1.54, 1.807) is 0 Å². The van der Waals surface area contributed by atoms with Gasteiger partial charge in [-0.15, -0.1) is 0 Å². The van der Waals surface area contributed by atoms with Gasteiger partial charge in [-0.25, -0.2) is 0 Å². The predicted molar refractivity (Wildman–Crippen MR) is 103 cm³/mol. The highest BCUT2D eigenvalue weighted by Gasteiger charge is 2.27. The number of anilines is 4. The molecule has 1 aromatic heterocycles. The second-order valence-electron chi connectivity index (χ2n) is 5.61. The van der Waals surface area contributed by atoms with E-state index in [4.69, 9.17) is 10.5 Å². The van der Waals surface area contributed by atoms with Crippen LogP contribution in [0.1, 0.15) is 19.9 Å². The fourth-order valence-electron chi connectivity index (χ4n) is 2.48. The molecule has 25 heavy (non-hydrogen) atoms.